The summed E-state index contributed by atoms with van der Waals surface area (Å²) in [6.45, 7) is 2.09. The summed E-state index contributed by atoms with van der Waals surface area (Å²) in [4.78, 5) is 37.8. The van der Waals surface area contributed by atoms with Crippen molar-refractivity contribution in [2.45, 2.75) is 13.5 Å². The summed E-state index contributed by atoms with van der Waals surface area (Å²) < 4.78 is 1.35. The number of carbonyl (C=O) groups excluding carboxylic acids is 1. The van der Waals surface area contributed by atoms with Crippen LogP contribution in [0.5, 0.6) is 0 Å². The third-order valence-electron chi connectivity index (χ3n) is 3.06. The van der Waals surface area contributed by atoms with Crippen LogP contribution in [0.25, 0.3) is 0 Å². The highest BCUT2D eigenvalue weighted by molar-refractivity contribution is 6.33. The zero-order chi connectivity index (χ0) is 17.0. The third kappa shape index (κ3) is 4.13. The number of aryl methyl sites for hydroxylation is 1. The van der Waals surface area contributed by atoms with Crippen LogP contribution in [0.2, 0.25) is 5.02 Å². The molecule has 0 unspecified atom stereocenters. The van der Waals surface area contributed by atoms with Gasteiger partial charge in [0.1, 0.15) is 0 Å². The summed E-state index contributed by atoms with van der Waals surface area (Å²) in [5, 5.41) is 13.4. The van der Waals surface area contributed by atoms with Gasteiger partial charge in [-0.2, -0.15) is 0 Å². The van der Waals surface area contributed by atoms with Crippen LogP contribution in [0, 0.1) is 17.0 Å². The maximum absolute atomic E-state index is 12.0. The van der Waals surface area contributed by atoms with Crippen molar-refractivity contribution in [2.24, 2.45) is 0 Å². The molecule has 8 nitrogen and oxygen atoms in total. The summed E-state index contributed by atoms with van der Waals surface area (Å²) in [5.74, 6) is -0.549. The number of aromatic nitrogens is 2. The molecule has 2 aromatic rings. The fourth-order valence-corrected chi connectivity index (χ4v) is 2.07. The first-order chi connectivity index (χ1) is 10.9. The van der Waals surface area contributed by atoms with Crippen LogP contribution >= 0.6 is 11.6 Å². The van der Waals surface area contributed by atoms with Gasteiger partial charge < -0.3 is 5.32 Å². The van der Waals surface area contributed by atoms with Gasteiger partial charge in [-0.1, -0.05) is 11.6 Å². The van der Waals surface area contributed by atoms with Crippen LogP contribution < -0.4 is 10.9 Å². The second-order valence-corrected chi connectivity index (χ2v) is 5.15. The molecule has 0 bridgehead atoms. The number of non-ortho nitro benzene ring substituents is 1. The molecule has 1 aromatic heterocycles. The molecular formula is C14H13ClN4O4. The summed E-state index contributed by atoms with van der Waals surface area (Å²) in [6, 6.07) is 5.01. The Hall–Kier alpha value is -2.74. The van der Waals surface area contributed by atoms with Crippen molar-refractivity contribution in [1.82, 2.24) is 14.9 Å². The number of hydrogen-bond donors (Lipinski definition) is 1. The Labute approximate surface area is 135 Å². The first-order valence-corrected chi connectivity index (χ1v) is 7.01. The largest absolute Gasteiger partial charge is 0.350 e. The predicted molar refractivity (Wildman–Crippen MR) is 83.7 cm³/mol. The second kappa shape index (κ2) is 7.01. The number of benzene rings is 1. The van der Waals surface area contributed by atoms with Gasteiger partial charge in [0.15, 0.2) is 0 Å². The Kier molecular flexibility index (Phi) is 5.07. The maximum atomic E-state index is 12.0. The Balaban J connectivity index is 2.04. The molecule has 0 atom stereocenters. The Morgan fingerprint density at radius 2 is 2.17 bits per heavy atom. The Morgan fingerprint density at radius 3 is 2.83 bits per heavy atom. The first kappa shape index (κ1) is 16.6. The molecule has 1 amide bonds. The molecule has 2 rings (SSSR count). The third-order valence-corrected chi connectivity index (χ3v) is 3.39. The van der Waals surface area contributed by atoms with Crippen LogP contribution in [0.4, 0.5) is 5.69 Å². The lowest BCUT2D eigenvalue weighted by Gasteiger charge is -2.08. The van der Waals surface area contributed by atoms with Crippen LogP contribution in [0.1, 0.15) is 16.1 Å². The maximum Gasteiger partial charge on any atom is 0.270 e. The number of nitrogens with zero attached hydrogens (tertiary/aromatic N) is 3. The molecule has 23 heavy (non-hydrogen) atoms. The smallest absolute Gasteiger partial charge is 0.270 e. The molecule has 0 saturated carbocycles. The van der Waals surface area contributed by atoms with Crippen LogP contribution in [0.3, 0.4) is 0 Å². The fraction of sp³-hybridized carbons (Fsp3) is 0.214. The topological polar surface area (TPSA) is 107 Å². The van der Waals surface area contributed by atoms with E-state index in [9.17, 15) is 19.7 Å². The van der Waals surface area contributed by atoms with Crippen molar-refractivity contribution >= 4 is 23.2 Å². The Bertz CT molecular complexity index is 819. The van der Waals surface area contributed by atoms with E-state index >= 15 is 0 Å². The highest BCUT2D eigenvalue weighted by Gasteiger charge is 2.15. The minimum Gasteiger partial charge on any atom is -0.350 e. The molecule has 120 valence electrons. The van der Waals surface area contributed by atoms with Crippen molar-refractivity contribution in [3.63, 3.8) is 0 Å². The number of nitro benzene ring substituents is 1. The van der Waals surface area contributed by atoms with Crippen LogP contribution in [-0.2, 0) is 6.54 Å². The lowest BCUT2D eigenvalue weighted by Crippen LogP contribution is -2.31. The lowest BCUT2D eigenvalue weighted by atomic mass is 10.2. The molecule has 1 heterocycles. The van der Waals surface area contributed by atoms with E-state index in [-0.39, 0.29) is 34.9 Å². The average molecular weight is 337 g/mol. The van der Waals surface area contributed by atoms with E-state index in [0.29, 0.717) is 5.69 Å². The van der Waals surface area contributed by atoms with E-state index in [1.54, 1.807) is 6.92 Å². The van der Waals surface area contributed by atoms with Crippen molar-refractivity contribution in [3.05, 3.63) is 67.3 Å². The predicted octanol–water partition coefficient (Wildman–Crippen LogP) is 1.54. The van der Waals surface area contributed by atoms with E-state index in [1.165, 1.54) is 29.1 Å². The van der Waals surface area contributed by atoms with Crippen molar-refractivity contribution in [1.29, 1.82) is 0 Å². The molecule has 0 aliphatic rings. The zero-order valence-electron chi connectivity index (χ0n) is 12.2. The number of amides is 1. The molecule has 9 heteroatoms. The lowest BCUT2D eigenvalue weighted by molar-refractivity contribution is -0.384. The van der Waals surface area contributed by atoms with Gasteiger partial charge >= 0.3 is 0 Å². The SMILES string of the molecule is Cc1cc(=O)n(CCNC(=O)c2cc([N+](=O)[O-])ccc2Cl)cn1. The van der Waals surface area contributed by atoms with Gasteiger partial charge in [-0.15, -0.1) is 0 Å². The highest BCUT2D eigenvalue weighted by Crippen LogP contribution is 2.21. The van der Waals surface area contributed by atoms with Gasteiger partial charge in [0.05, 0.1) is 21.8 Å². The molecule has 0 radical (unpaired) electrons. The van der Waals surface area contributed by atoms with E-state index in [2.05, 4.69) is 10.3 Å². The normalized spacial score (nSPS) is 10.3. The average Bonchev–Trinajstić information content (AvgIpc) is 2.49. The number of nitro groups is 1. The van der Waals surface area contributed by atoms with E-state index in [1.807, 2.05) is 0 Å². The van der Waals surface area contributed by atoms with Crippen molar-refractivity contribution in [3.8, 4) is 0 Å². The molecule has 0 spiro atoms. The van der Waals surface area contributed by atoms with Crippen molar-refractivity contribution in [2.75, 3.05) is 6.54 Å². The summed E-state index contributed by atoms with van der Waals surface area (Å²) >= 11 is 5.89. The van der Waals surface area contributed by atoms with Gasteiger partial charge in [0, 0.05) is 37.0 Å². The molecular weight excluding hydrogens is 324 g/mol. The number of nitrogens with one attached hydrogen (secondary N) is 1. The van der Waals surface area contributed by atoms with Gasteiger partial charge in [0.25, 0.3) is 17.2 Å². The number of carbonyl (C=O) groups is 1. The number of halogens is 1. The van der Waals surface area contributed by atoms with Gasteiger partial charge in [-0.3, -0.25) is 24.3 Å². The van der Waals surface area contributed by atoms with Gasteiger partial charge in [-0.25, -0.2) is 4.98 Å². The molecule has 0 aliphatic carbocycles. The summed E-state index contributed by atoms with van der Waals surface area (Å²) in [7, 11) is 0. The number of hydrogen-bond acceptors (Lipinski definition) is 5. The van der Waals surface area contributed by atoms with Gasteiger partial charge in [0.2, 0.25) is 0 Å². The Morgan fingerprint density at radius 1 is 1.43 bits per heavy atom. The molecule has 0 saturated heterocycles. The quantitative estimate of drug-likeness (QED) is 0.658. The fourth-order valence-electron chi connectivity index (χ4n) is 1.87. The highest BCUT2D eigenvalue weighted by atomic mass is 35.5. The molecule has 1 aromatic carbocycles. The van der Waals surface area contributed by atoms with E-state index < -0.39 is 10.8 Å². The second-order valence-electron chi connectivity index (χ2n) is 4.74. The first-order valence-electron chi connectivity index (χ1n) is 6.63. The molecule has 0 fully saturated rings. The minimum atomic E-state index is -0.607. The van der Waals surface area contributed by atoms with Crippen LogP contribution in [-0.4, -0.2) is 26.9 Å². The standard InChI is InChI=1S/C14H13ClN4O4/c1-9-6-13(20)18(8-17-9)5-4-16-14(21)11-7-10(19(22)23)2-3-12(11)15/h2-3,6-8H,4-5H2,1H3,(H,16,21). The minimum absolute atomic E-state index is 0.00949. The molecule has 1 N–H and O–H groups in total. The van der Waals surface area contributed by atoms with Crippen molar-refractivity contribution < 1.29 is 9.72 Å². The van der Waals surface area contributed by atoms with Crippen LogP contribution in [0.15, 0.2) is 35.4 Å². The monoisotopic (exact) mass is 336 g/mol. The summed E-state index contributed by atoms with van der Waals surface area (Å²) in [6.07, 6.45) is 1.39. The van der Waals surface area contributed by atoms with Gasteiger partial charge in [-0.05, 0) is 13.0 Å². The summed E-state index contributed by atoms with van der Waals surface area (Å²) in [5.41, 5.74) is 0.174. The zero-order valence-corrected chi connectivity index (χ0v) is 12.9. The number of rotatable bonds is 5. The van der Waals surface area contributed by atoms with E-state index in [0.717, 1.165) is 6.07 Å². The molecule has 0 aliphatic heterocycles. The van der Waals surface area contributed by atoms with E-state index in [4.69, 9.17) is 11.6 Å².